The standard InChI is InChI=1S/C29H40N2O5/c1-4-21(5-2)20-31(29(34)30-25-13-12-23-8-7-9-24(23)19-25)16-17-36-26-14-10-22(11-15-26)18-27(28(32)33)35-6-3/h10-15,19,21,27H,4-9,16-18,20H2,1-3H3,(H,30,34)(H,32,33). The minimum absolute atomic E-state index is 0.102. The van der Waals surface area contributed by atoms with E-state index in [-0.39, 0.29) is 6.03 Å². The summed E-state index contributed by atoms with van der Waals surface area (Å²) in [5.41, 5.74) is 4.44. The summed E-state index contributed by atoms with van der Waals surface area (Å²) >= 11 is 0. The van der Waals surface area contributed by atoms with Crippen LogP contribution in [-0.2, 0) is 28.8 Å². The number of carboxylic acid groups (broad SMARTS) is 1. The number of aliphatic carboxylic acids is 1. The maximum atomic E-state index is 13.2. The zero-order valence-electron chi connectivity index (χ0n) is 21.8. The second-order valence-electron chi connectivity index (χ2n) is 9.37. The molecule has 7 nitrogen and oxygen atoms in total. The van der Waals surface area contributed by atoms with E-state index in [1.807, 2.05) is 35.2 Å². The van der Waals surface area contributed by atoms with Crippen LogP contribution in [0.1, 0.15) is 56.7 Å². The summed E-state index contributed by atoms with van der Waals surface area (Å²) in [7, 11) is 0. The first-order chi connectivity index (χ1) is 17.4. The molecule has 1 aliphatic rings. The highest BCUT2D eigenvalue weighted by Crippen LogP contribution is 2.25. The molecule has 0 saturated carbocycles. The van der Waals surface area contributed by atoms with Gasteiger partial charge in [0.1, 0.15) is 12.4 Å². The molecule has 0 heterocycles. The van der Waals surface area contributed by atoms with E-state index in [1.165, 1.54) is 17.5 Å². The van der Waals surface area contributed by atoms with E-state index in [4.69, 9.17) is 9.47 Å². The molecule has 1 aliphatic carbocycles. The number of anilines is 1. The predicted molar refractivity (Wildman–Crippen MR) is 142 cm³/mol. The molecule has 0 saturated heterocycles. The Kier molecular flexibility index (Phi) is 10.6. The molecular weight excluding hydrogens is 456 g/mol. The summed E-state index contributed by atoms with van der Waals surface area (Å²) in [4.78, 5) is 26.3. The summed E-state index contributed by atoms with van der Waals surface area (Å²) in [6.07, 6.45) is 4.85. The van der Waals surface area contributed by atoms with Crippen molar-refractivity contribution in [3.63, 3.8) is 0 Å². The summed E-state index contributed by atoms with van der Waals surface area (Å²) < 4.78 is 11.2. The van der Waals surface area contributed by atoms with Crippen molar-refractivity contribution in [3.8, 4) is 5.75 Å². The van der Waals surface area contributed by atoms with Gasteiger partial charge in [-0.15, -0.1) is 0 Å². The van der Waals surface area contributed by atoms with Crippen molar-refractivity contribution in [2.24, 2.45) is 5.92 Å². The lowest BCUT2D eigenvalue weighted by Gasteiger charge is -2.27. The molecule has 2 N–H and O–H groups in total. The number of hydrogen-bond acceptors (Lipinski definition) is 4. The van der Waals surface area contributed by atoms with Crippen LogP contribution in [0.2, 0.25) is 0 Å². The van der Waals surface area contributed by atoms with Gasteiger partial charge in [-0.2, -0.15) is 0 Å². The van der Waals surface area contributed by atoms with Crippen molar-refractivity contribution >= 4 is 17.7 Å². The minimum atomic E-state index is -0.965. The van der Waals surface area contributed by atoms with Gasteiger partial charge in [0, 0.05) is 25.3 Å². The Balaban J connectivity index is 1.57. The van der Waals surface area contributed by atoms with Crippen LogP contribution in [-0.4, -0.2) is 54.4 Å². The SMILES string of the molecule is CCOC(Cc1ccc(OCCN(CC(CC)CC)C(=O)Nc2ccc3c(c2)CCC3)cc1)C(=O)O. The Labute approximate surface area is 214 Å². The highest BCUT2D eigenvalue weighted by Gasteiger charge is 2.20. The summed E-state index contributed by atoms with van der Waals surface area (Å²) in [6, 6.07) is 13.5. The van der Waals surface area contributed by atoms with Gasteiger partial charge in [-0.25, -0.2) is 9.59 Å². The fraction of sp³-hybridized carbons (Fsp3) is 0.517. The highest BCUT2D eigenvalue weighted by molar-refractivity contribution is 5.89. The van der Waals surface area contributed by atoms with Crippen molar-refractivity contribution < 1.29 is 24.2 Å². The first kappa shape index (κ1) is 27.5. The zero-order valence-corrected chi connectivity index (χ0v) is 21.8. The number of nitrogens with one attached hydrogen (secondary N) is 1. The number of hydrogen-bond donors (Lipinski definition) is 2. The molecule has 0 fully saturated rings. The normalized spacial score (nSPS) is 13.3. The molecule has 196 valence electrons. The van der Waals surface area contributed by atoms with E-state index in [9.17, 15) is 14.7 Å². The van der Waals surface area contributed by atoms with Crippen LogP contribution in [0.5, 0.6) is 5.75 Å². The first-order valence-corrected chi connectivity index (χ1v) is 13.2. The lowest BCUT2D eigenvalue weighted by molar-refractivity contribution is -0.149. The molecule has 3 rings (SSSR count). The Bertz CT molecular complexity index is 988. The lowest BCUT2D eigenvalue weighted by atomic mass is 10.0. The summed E-state index contributed by atoms with van der Waals surface area (Å²) in [5.74, 6) is 0.152. The topological polar surface area (TPSA) is 88.1 Å². The molecule has 1 atom stereocenters. The van der Waals surface area contributed by atoms with Gasteiger partial charge in [-0.05, 0) is 73.1 Å². The van der Waals surface area contributed by atoms with Crippen molar-refractivity contribution in [3.05, 3.63) is 59.2 Å². The quantitative estimate of drug-likeness (QED) is 0.358. The van der Waals surface area contributed by atoms with Gasteiger partial charge >= 0.3 is 12.0 Å². The Morgan fingerprint density at radius 1 is 1.03 bits per heavy atom. The highest BCUT2D eigenvalue weighted by atomic mass is 16.5. The number of fused-ring (bicyclic) bond motifs is 1. The average Bonchev–Trinajstić information content (AvgIpc) is 3.34. The van der Waals surface area contributed by atoms with Gasteiger partial charge < -0.3 is 24.8 Å². The molecule has 0 bridgehead atoms. The van der Waals surface area contributed by atoms with Crippen LogP contribution < -0.4 is 10.1 Å². The predicted octanol–water partition coefficient (Wildman–Crippen LogP) is 5.56. The molecule has 1 unspecified atom stereocenters. The molecule has 0 radical (unpaired) electrons. The Morgan fingerprint density at radius 3 is 2.42 bits per heavy atom. The number of rotatable bonds is 14. The second-order valence-corrected chi connectivity index (χ2v) is 9.37. The van der Waals surface area contributed by atoms with E-state index in [0.29, 0.717) is 44.4 Å². The number of amides is 2. The second kappa shape index (κ2) is 13.9. The summed E-state index contributed by atoms with van der Waals surface area (Å²) in [5, 5.41) is 12.4. The molecule has 7 heteroatoms. The molecule has 0 aromatic heterocycles. The monoisotopic (exact) mass is 496 g/mol. The minimum Gasteiger partial charge on any atom is -0.492 e. The van der Waals surface area contributed by atoms with Gasteiger partial charge in [-0.1, -0.05) is 44.9 Å². The fourth-order valence-electron chi connectivity index (χ4n) is 4.61. The molecule has 2 aromatic rings. The maximum Gasteiger partial charge on any atom is 0.333 e. The van der Waals surface area contributed by atoms with Crippen LogP contribution in [0.3, 0.4) is 0 Å². The van der Waals surface area contributed by atoms with E-state index in [2.05, 4.69) is 31.3 Å². The van der Waals surface area contributed by atoms with Crippen LogP contribution >= 0.6 is 0 Å². The molecule has 0 aliphatic heterocycles. The first-order valence-electron chi connectivity index (χ1n) is 13.2. The zero-order chi connectivity index (χ0) is 25.9. The van der Waals surface area contributed by atoms with E-state index in [0.717, 1.165) is 36.9 Å². The van der Waals surface area contributed by atoms with E-state index >= 15 is 0 Å². The Morgan fingerprint density at radius 2 is 1.75 bits per heavy atom. The van der Waals surface area contributed by atoms with Crippen LogP contribution in [0.15, 0.2) is 42.5 Å². The number of ether oxygens (including phenoxy) is 2. The largest absolute Gasteiger partial charge is 0.492 e. The number of urea groups is 1. The van der Waals surface area contributed by atoms with Crippen LogP contribution in [0.4, 0.5) is 10.5 Å². The van der Waals surface area contributed by atoms with Gasteiger partial charge in [0.15, 0.2) is 6.10 Å². The smallest absolute Gasteiger partial charge is 0.333 e. The van der Waals surface area contributed by atoms with Crippen molar-refractivity contribution in [2.75, 3.05) is 31.6 Å². The fourth-order valence-corrected chi connectivity index (χ4v) is 4.61. The molecule has 0 spiro atoms. The Hall–Kier alpha value is -3.06. The van der Waals surface area contributed by atoms with Crippen molar-refractivity contribution in [1.82, 2.24) is 4.90 Å². The van der Waals surface area contributed by atoms with Gasteiger partial charge in [0.25, 0.3) is 0 Å². The van der Waals surface area contributed by atoms with Crippen molar-refractivity contribution in [2.45, 2.75) is 65.4 Å². The van der Waals surface area contributed by atoms with Crippen LogP contribution in [0, 0.1) is 5.92 Å². The summed E-state index contributed by atoms with van der Waals surface area (Å²) in [6.45, 7) is 7.97. The average molecular weight is 497 g/mol. The third-order valence-electron chi connectivity index (χ3n) is 6.89. The van der Waals surface area contributed by atoms with E-state index in [1.54, 1.807) is 6.92 Å². The van der Waals surface area contributed by atoms with Gasteiger partial charge in [-0.3, -0.25) is 0 Å². The van der Waals surface area contributed by atoms with Gasteiger partial charge in [0.2, 0.25) is 0 Å². The molecule has 2 aromatic carbocycles. The van der Waals surface area contributed by atoms with Gasteiger partial charge in [0.05, 0.1) is 6.54 Å². The van der Waals surface area contributed by atoms with Crippen molar-refractivity contribution in [1.29, 1.82) is 0 Å². The molecular formula is C29H40N2O5. The number of nitrogens with zero attached hydrogens (tertiary/aromatic N) is 1. The number of carbonyl (C=O) groups is 2. The number of carbonyl (C=O) groups excluding carboxylic acids is 1. The molecule has 36 heavy (non-hydrogen) atoms. The number of carboxylic acids is 1. The maximum absolute atomic E-state index is 13.2. The third-order valence-corrected chi connectivity index (χ3v) is 6.89. The third kappa shape index (κ3) is 7.98. The molecule has 2 amide bonds. The lowest BCUT2D eigenvalue weighted by Crippen LogP contribution is -2.40. The van der Waals surface area contributed by atoms with Crippen LogP contribution in [0.25, 0.3) is 0 Å². The number of aryl methyl sites for hydroxylation is 2. The van der Waals surface area contributed by atoms with E-state index < -0.39 is 12.1 Å². The number of benzene rings is 2.